The SMILES string of the molecule is COc1ccc(CCC(O)c2cc(C)ccc2F)cc1. The van der Waals surface area contributed by atoms with E-state index in [1.54, 1.807) is 19.2 Å². The Morgan fingerprint density at radius 2 is 1.85 bits per heavy atom. The smallest absolute Gasteiger partial charge is 0.129 e. The fourth-order valence-corrected chi connectivity index (χ4v) is 2.17. The highest BCUT2D eigenvalue weighted by Crippen LogP contribution is 2.23. The molecule has 0 saturated carbocycles. The molecule has 1 N–H and O–H groups in total. The molecule has 3 heteroatoms. The lowest BCUT2D eigenvalue weighted by atomic mass is 9.99. The maximum Gasteiger partial charge on any atom is 0.129 e. The monoisotopic (exact) mass is 274 g/mol. The minimum atomic E-state index is -0.781. The second-order valence-electron chi connectivity index (χ2n) is 4.93. The zero-order valence-electron chi connectivity index (χ0n) is 11.8. The molecule has 0 spiro atoms. The third-order valence-electron chi connectivity index (χ3n) is 3.38. The summed E-state index contributed by atoms with van der Waals surface area (Å²) < 4.78 is 18.8. The number of ether oxygens (including phenoxy) is 1. The van der Waals surface area contributed by atoms with Gasteiger partial charge >= 0.3 is 0 Å². The van der Waals surface area contributed by atoms with Crippen LogP contribution in [-0.2, 0) is 6.42 Å². The van der Waals surface area contributed by atoms with E-state index in [0.29, 0.717) is 18.4 Å². The summed E-state index contributed by atoms with van der Waals surface area (Å²) in [5, 5.41) is 10.1. The van der Waals surface area contributed by atoms with E-state index in [0.717, 1.165) is 16.9 Å². The standard InChI is InChI=1S/C17H19FO2/c1-12-3-9-16(18)15(11-12)17(19)10-6-13-4-7-14(20-2)8-5-13/h3-5,7-9,11,17,19H,6,10H2,1-2H3. The zero-order chi connectivity index (χ0) is 14.5. The van der Waals surface area contributed by atoms with Gasteiger partial charge in [-0.2, -0.15) is 0 Å². The van der Waals surface area contributed by atoms with E-state index >= 15 is 0 Å². The van der Waals surface area contributed by atoms with Crippen molar-refractivity contribution in [2.24, 2.45) is 0 Å². The van der Waals surface area contributed by atoms with Crippen LogP contribution in [-0.4, -0.2) is 12.2 Å². The van der Waals surface area contributed by atoms with Crippen LogP contribution in [0.15, 0.2) is 42.5 Å². The van der Waals surface area contributed by atoms with Gasteiger partial charge < -0.3 is 9.84 Å². The Hall–Kier alpha value is -1.87. The number of halogens is 1. The molecule has 1 atom stereocenters. The van der Waals surface area contributed by atoms with Gasteiger partial charge in [0.25, 0.3) is 0 Å². The lowest BCUT2D eigenvalue weighted by Crippen LogP contribution is -2.03. The van der Waals surface area contributed by atoms with Gasteiger partial charge in [-0.05, 0) is 43.5 Å². The summed E-state index contributed by atoms with van der Waals surface area (Å²) in [7, 11) is 1.62. The highest BCUT2D eigenvalue weighted by molar-refractivity contribution is 5.28. The van der Waals surface area contributed by atoms with Gasteiger partial charge in [-0.25, -0.2) is 4.39 Å². The molecule has 0 radical (unpaired) electrons. The van der Waals surface area contributed by atoms with Gasteiger partial charge in [-0.3, -0.25) is 0 Å². The Balaban J connectivity index is 2.00. The van der Waals surface area contributed by atoms with Crippen molar-refractivity contribution >= 4 is 0 Å². The Bertz CT molecular complexity index is 564. The van der Waals surface area contributed by atoms with Crippen molar-refractivity contribution in [1.82, 2.24) is 0 Å². The fourth-order valence-electron chi connectivity index (χ4n) is 2.17. The van der Waals surface area contributed by atoms with Gasteiger partial charge in [0, 0.05) is 5.56 Å². The van der Waals surface area contributed by atoms with Crippen molar-refractivity contribution in [3.05, 3.63) is 65.0 Å². The van der Waals surface area contributed by atoms with Crippen LogP contribution in [0.4, 0.5) is 4.39 Å². The number of aryl methyl sites for hydroxylation is 2. The first kappa shape index (κ1) is 14.5. The van der Waals surface area contributed by atoms with E-state index in [1.165, 1.54) is 6.07 Å². The van der Waals surface area contributed by atoms with Crippen LogP contribution in [0.2, 0.25) is 0 Å². The maximum atomic E-state index is 13.7. The van der Waals surface area contributed by atoms with Gasteiger partial charge in [0.2, 0.25) is 0 Å². The van der Waals surface area contributed by atoms with E-state index < -0.39 is 6.10 Å². The highest BCUT2D eigenvalue weighted by atomic mass is 19.1. The second kappa shape index (κ2) is 6.53. The fraction of sp³-hybridized carbons (Fsp3) is 0.294. The molecule has 0 saturated heterocycles. The lowest BCUT2D eigenvalue weighted by molar-refractivity contribution is 0.163. The average Bonchev–Trinajstić information content (AvgIpc) is 2.47. The number of aliphatic hydroxyl groups excluding tert-OH is 1. The molecule has 0 aromatic heterocycles. The topological polar surface area (TPSA) is 29.5 Å². The number of rotatable bonds is 5. The normalized spacial score (nSPS) is 12.2. The van der Waals surface area contributed by atoms with Gasteiger partial charge in [-0.1, -0.05) is 29.8 Å². The van der Waals surface area contributed by atoms with E-state index in [2.05, 4.69) is 0 Å². The van der Waals surface area contributed by atoms with Gasteiger partial charge in [-0.15, -0.1) is 0 Å². The summed E-state index contributed by atoms with van der Waals surface area (Å²) in [4.78, 5) is 0. The van der Waals surface area contributed by atoms with E-state index in [9.17, 15) is 9.50 Å². The van der Waals surface area contributed by atoms with Crippen LogP contribution in [0.25, 0.3) is 0 Å². The Morgan fingerprint density at radius 3 is 2.50 bits per heavy atom. The molecule has 0 fully saturated rings. The zero-order valence-corrected chi connectivity index (χ0v) is 11.8. The summed E-state index contributed by atoms with van der Waals surface area (Å²) in [6, 6.07) is 12.5. The van der Waals surface area contributed by atoms with Crippen LogP contribution in [0.5, 0.6) is 5.75 Å². The predicted molar refractivity (Wildman–Crippen MR) is 77.4 cm³/mol. The Kier molecular flexibility index (Phi) is 4.74. The third kappa shape index (κ3) is 3.58. The quantitative estimate of drug-likeness (QED) is 0.898. The van der Waals surface area contributed by atoms with Crippen molar-refractivity contribution in [3.63, 3.8) is 0 Å². The minimum Gasteiger partial charge on any atom is -0.497 e. The highest BCUT2D eigenvalue weighted by Gasteiger charge is 2.13. The summed E-state index contributed by atoms with van der Waals surface area (Å²) in [5.41, 5.74) is 2.42. The molecule has 2 aromatic carbocycles. The molecule has 20 heavy (non-hydrogen) atoms. The van der Waals surface area contributed by atoms with E-state index in [1.807, 2.05) is 31.2 Å². The summed E-state index contributed by atoms with van der Waals surface area (Å²) in [5.74, 6) is 0.455. The molecule has 0 aliphatic rings. The molecule has 0 aliphatic carbocycles. The molecule has 1 unspecified atom stereocenters. The van der Waals surface area contributed by atoms with Crippen molar-refractivity contribution in [2.75, 3.05) is 7.11 Å². The van der Waals surface area contributed by atoms with Crippen LogP contribution in [0.1, 0.15) is 29.2 Å². The molecule has 2 rings (SSSR count). The van der Waals surface area contributed by atoms with Crippen molar-refractivity contribution < 1.29 is 14.2 Å². The molecule has 0 amide bonds. The average molecular weight is 274 g/mol. The minimum absolute atomic E-state index is 0.349. The number of methoxy groups -OCH3 is 1. The summed E-state index contributed by atoms with van der Waals surface area (Å²) in [6.45, 7) is 1.89. The van der Waals surface area contributed by atoms with Gasteiger partial charge in [0.1, 0.15) is 11.6 Å². The first-order valence-electron chi connectivity index (χ1n) is 6.67. The number of benzene rings is 2. The molecule has 0 bridgehead atoms. The van der Waals surface area contributed by atoms with Crippen molar-refractivity contribution in [3.8, 4) is 5.75 Å². The Labute approximate surface area is 118 Å². The van der Waals surface area contributed by atoms with Crippen LogP contribution < -0.4 is 4.74 Å². The molecule has 0 heterocycles. The lowest BCUT2D eigenvalue weighted by Gasteiger charge is -2.13. The predicted octanol–water partition coefficient (Wildman–Crippen LogP) is 3.81. The Morgan fingerprint density at radius 1 is 1.15 bits per heavy atom. The molecule has 0 aliphatic heterocycles. The first-order valence-corrected chi connectivity index (χ1v) is 6.67. The molecule has 106 valence electrons. The van der Waals surface area contributed by atoms with Crippen molar-refractivity contribution in [1.29, 1.82) is 0 Å². The van der Waals surface area contributed by atoms with Gasteiger partial charge in [0.05, 0.1) is 13.2 Å². The largest absolute Gasteiger partial charge is 0.497 e. The van der Waals surface area contributed by atoms with Crippen LogP contribution >= 0.6 is 0 Å². The maximum absolute atomic E-state index is 13.7. The van der Waals surface area contributed by atoms with Crippen LogP contribution in [0.3, 0.4) is 0 Å². The third-order valence-corrected chi connectivity index (χ3v) is 3.38. The van der Waals surface area contributed by atoms with Crippen molar-refractivity contribution in [2.45, 2.75) is 25.9 Å². The van der Waals surface area contributed by atoms with Crippen LogP contribution in [0, 0.1) is 12.7 Å². The van der Waals surface area contributed by atoms with E-state index in [-0.39, 0.29) is 5.82 Å². The number of hydrogen-bond acceptors (Lipinski definition) is 2. The van der Waals surface area contributed by atoms with E-state index in [4.69, 9.17) is 4.74 Å². The first-order chi connectivity index (χ1) is 9.60. The molecule has 2 nitrogen and oxygen atoms in total. The number of hydrogen-bond donors (Lipinski definition) is 1. The second-order valence-corrected chi connectivity index (χ2v) is 4.93. The molecular formula is C17H19FO2. The molecule has 2 aromatic rings. The number of aliphatic hydroxyl groups is 1. The van der Waals surface area contributed by atoms with Gasteiger partial charge in [0.15, 0.2) is 0 Å². The summed E-state index contributed by atoms with van der Waals surface area (Å²) in [6.07, 6.45) is 0.405. The molecular weight excluding hydrogens is 255 g/mol. The summed E-state index contributed by atoms with van der Waals surface area (Å²) >= 11 is 0.